The molecule has 6 heteroatoms. The highest BCUT2D eigenvalue weighted by Crippen LogP contribution is 2.51. The van der Waals surface area contributed by atoms with Crippen molar-refractivity contribution in [3.63, 3.8) is 0 Å². The fourth-order valence-electron chi connectivity index (χ4n) is 4.50. The number of amides is 2. The lowest BCUT2D eigenvalue weighted by Crippen LogP contribution is -2.51. The van der Waals surface area contributed by atoms with Crippen LogP contribution in [0.5, 0.6) is 0 Å². The van der Waals surface area contributed by atoms with Crippen LogP contribution in [0.3, 0.4) is 0 Å². The summed E-state index contributed by atoms with van der Waals surface area (Å²) in [5.74, 6) is -0.731. The Balaban J connectivity index is 1.77. The Bertz CT molecular complexity index is 1150. The van der Waals surface area contributed by atoms with Crippen molar-refractivity contribution in [2.75, 3.05) is 13.1 Å². The van der Waals surface area contributed by atoms with Gasteiger partial charge in [-0.25, -0.2) is 4.39 Å². The number of carbonyl (C=O) groups is 2. The minimum absolute atomic E-state index is 0.0919. The predicted molar refractivity (Wildman–Crippen MR) is 110 cm³/mol. The van der Waals surface area contributed by atoms with Gasteiger partial charge in [-0.1, -0.05) is 52.3 Å². The first-order valence-electron chi connectivity index (χ1n) is 9.29. The van der Waals surface area contributed by atoms with Crippen molar-refractivity contribution < 1.29 is 14.0 Å². The van der Waals surface area contributed by atoms with Gasteiger partial charge in [0.05, 0.1) is 0 Å². The lowest BCUT2D eigenvalue weighted by molar-refractivity contribution is 0.0373. The molecule has 2 aliphatic rings. The third-order valence-electron chi connectivity index (χ3n) is 5.69. The molecule has 1 fully saturated rings. The molecule has 3 aromatic carbocycles. The van der Waals surface area contributed by atoms with Crippen LogP contribution in [-0.4, -0.2) is 34.7 Å². The van der Waals surface area contributed by atoms with E-state index in [0.717, 1.165) is 15.6 Å². The molecule has 3 aromatic rings. The first-order valence-corrected chi connectivity index (χ1v) is 10.1. The molecule has 5 rings (SSSR count). The Hall–Kier alpha value is -2.99. The van der Waals surface area contributed by atoms with Gasteiger partial charge >= 0.3 is 0 Å². The zero-order valence-electron chi connectivity index (χ0n) is 15.3. The van der Waals surface area contributed by atoms with Gasteiger partial charge in [0.25, 0.3) is 11.8 Å². The van der Waals surface area contributed by atoms with Gasteiger partial charge < -0.3 is 9.80 Å². The molecule has 4 nitrogen and oxygen atoms in total. The van der Waals surface area contributed by atoms with Crippen molar-refractivity contribution in [1.29, 1.82) is 0 Å². The minimum Gasteiger partial charge on any atom is -0.306 e. The maximum atomic E-state index is 13.6. The highest BCUT2D eigenvalue weighted by atomic mass is 79.9. The number of hydrogen-bond acceptors (Lipinski definition) is 2. The summed E-state index contributed by atoms with van der Waals surface area (Å²) in [7, 11) is 0. The van der Waals surface area contributed by atoms with Crippen molar-refractivity contribution in [1.82, 2.24) is 9.80 Å². The lowest BCUT2D eigenvalue weighted by Gasteiger charge is -2.41. The van der Waals surface area contributed by atoms with Crippen LogP contribution in [0.15, 0.2) is 77.3 Å². The molecule has 1 unspecified atom stereocenters. The molecule has 29 heavy (non-hydrogen) atoms. The number of carbonyl (C=O) groups excluding carboxylic acids is 2. The van der Waals surface area contributed by atoms with Crippen LogP contribution < -0.4 is 0 Å². The summed E-state index contributed by atoms with van der Waals surface area (Å²) in [6, 6.07) is 20.6. The standard InChI is InChI=1S/C23H16BrFN2O2/c24-20-8-4-3-7-19(20)23-18-6-2-1-5-17(18)22(29)27(23)14-13-26(23)21(28)15-9-11-16(25)12-10-15/h1-12H,13-14H2. The summed E-state index contributed by atoms with van der Waals surface area (Å²) in [5, 5.41) is 0. The molecule has 0 saturated carbocycles. The summed E-state index contributed by atoms with van der Waals surface area (Å²) in [6.07, 6.45) is 0. The smallest absolute Gasteiger partial charge is 0.256 e. The zero-order chi connectivity index (χ0) is 20.2. The first-order chi connectivity index (χ1) is 14.0. The molecule has 2 aliphatic heterocycles. The van der Waals surface area contributed by atoms with E-state index in [9.17, 15) is 14.0 Å². The summed E-state index contributed by atoms with van der Waals surface area (Å²) in [6.45, 7) is 0.805. The minimum atomic E-state index is -1.04. The third kappa shape index (κ3) is 2.42. The maximum Gasteiger partial charge on any atom is 0.256 e. The highest BCUT2D eigenvalue weighted by molar-refractivity contribution is 9.10. The Morgan fingerprint density at radius 2 is 1.55 bits per heavy atom. The van der Waals surface area contributed by atoms with Crippen LogP contribution in [0.25, 0.3) is 0 Å². The maximum absolute atomic E-state index is 13.6. The molecular weight excluding hydrogens is 435 g/mol. The molecule has 0 N–H and O–H groups in total. The van der Waals surface area contributed by atoms with Crippen molar-refractivity contribution >= 4 is 27.7 Å². The molecule has 0 spiro atoms. The second-order valence-electron chi connectivity index (χ2n) is 7.12. The van der Waals surface area contributed by atoms with E-state index in [2.05, 4.69) is 15.9 Å². The van der Waals surface area contributed by atoms with Crippen LogP contribution in [0.2, 0.25) is 0 Å². The normalized spacial score (nSPS) is 20.0. The Kier molecular flexibility index (Phi) is 4.06. The summed E-state index contributed by atoms with van der Waals surface area (Å²) in [4.78, 5) is 30.3. The van der Waals surface area contributed by atoms with E-state index in [-0.39, 0.29) is 11.8 Å². The highest BCUT2D eigenvalue weighted by Gasteiger charge is 2.60. The third-order valence-corrected chi connectivity index (χ3v) is 6.38. The fourth-order valence-corrected chi connectivity index (χ4v) is 5.07. The van der Waals surface area contributed by atoms with E-state index in [1.807, 2.05) is 42.5 Å². The Labute approximate surface area is 175 Å². The molecule has 0 bridgehead atoms. The number of fused-ring (bicyclic) bond motifs is 3. The first kappa shape index (κ1) is 18.1. The largest absolute Gasteiger partial charge is 0.306 e. The summed E-state index contributed by atoms with van der Waals surface area (Å²) < 4.78 is 14.2. The number of rotatable bonds is 2. The van der Waals surface area contributed by atoms with Crippen molar-refractivity contribution in [3.8, 4) is 0 Å². The summed E-state index contributed by atoms with van der Waals surface area (Å²) >= 11 is 3.63. The predicted octanol–water partition coefficient (Wildman–Crippen LogP) is 4.40. The monoisotopic (exact) mass is 450 g/mol. The average Bonchev–Trinajstić information content (AvgIpc) is 3.24. The van der Waals surface area contributed by atoms with Crippen LogP contribution in [0.1, 0.15) is 31.8 Å². The molecule has 2 heterocycles. The second-order valence-corrected chi connectivity index (χ2v) is 7.97. The van der Waals surface area contributed by atoms with Crippen molar-refractivity contribution in [2.24, 2.45) is 0 Å². The molecule has 0 aromatic heterocycles. The van der Waals surface area contributed by atoms with E-state index >= 15 is 0 Å². The lowest BCUT2D eigenvalue weighted by atomic mass is 9.89. The van der Waals surface area contributed by atoms with E-state index in [4.69, 9.17) is 0 Å². The van der Waals surface area contributed by atoms with Gasteiger partial charge in [-0.05, 0) is 36.4 Å². The van der Waals surface area contributed by atoms with E-state index in [1.165, 1.54) is 24.3 Å². The number of benzene rings is 3. The van der Waals surface area contributed by atoms with E-state index < -0.39 is 11.5 Å². The zero-order valence-corrected chi connectivity index (χ0v) is 16.9. The van der Waals surface area contributed by atoms with Crippen molar-refractivity contribution in [2.45, 2.75) is 5.66 Å². The van der Waals surface area contributed by atoms with E-state index in [1.54, 1.807) is 15.9 Å². The van der Waals surface area contributed by atoms with Crippen LogP contribution in [0, 0.1) is 5.82 Å². The second kappa shape index (κ2) is 6.52. The summed E-state index contributed by atoms with van der Waals surface area (Å²) in [5.41, 5.74) is 1.55. The Morgan fingerprint density at radius 1 is 0.897 bits per heavy atom. The Morgan fingerprint density at radius 3 is 2.28 bits per heavy atom. The van der Waals surface area contributed by atoms with Crippen LogP contribution in [-0.2, 0) is 5.66 Å². The topological polar surface area (TPSA) is 40.6 Å². The number of nitrogens with zero attached hydrogens (tertiary/aromatic N) is 2. The molecule has 144 valence electrons. The SMILES string of the molecule is O=C(c1ccc(F)cc1)N1CCN2C(=O)c3ccccc3C12c1ccccc1Br. The number of halogens is 2. The van der Waals surface area contributed by atoms with Crippen molar-refractivity contribution in [3.05, 3.63) is 105 Å². The average molecular weight is 451 g/mol. The molecule has 1 saturated heterocycles. The molecule has 2 amide bonds. The molecular formula is C23H16BrFN2O2. The van der Waals surface area contributed by atoms with Crippen LogP contribution >= 0.6 is 15.9 Å². The number of hydrogen-bond donors (Lipinski definition) is 0. The van der Waals surface area contributed by atoms with Gasteiger partial charge in [0.15, 0.2) is 5.66 Å². The van der Waals surface area contributed by atoms with Gasteiger partial charge in [-0.2, -0.15) is 0 Å². The molecule has 0 radical (unpaired) electrons. The molecule has 1 atom stereocenters. The van der Waals surface area contributed by atoms with Gasteiger partial charge in [0.1, 0.15) is 5.82 Å². The van der Waals surface area contributed by atoms with Crippen LogP contribution in [0.4, 0.5) is 4.39 Å². The van der Waals surface area contributed by atoms with Gasteiger partial charge in [-0.3, -0.25) is 9.59 Å². The quantitative estimate of drug-likeness (QED) is 0.580. The fraction of sp³-hybridized carbons (Fsp3) is 0.130. The van der Waals surface area contributed by atoms with Gasteiger partial charge in [0.2, 0.25) is 0 Å². The molecule has 0 aliphatic carbocycles. The van der Waals surface area contributed by atoms with E-state index in [0.29, 0.717) is 24.2 Å². The van der Waals surface area contributed by atoms with Gasteiger partial charge in [0, 0.05) is 39.8 Å². The van der Waals surface area contributed by atoms with Gasteiger partial charge in [-0.15, -0.1) is 0 Å².